The minimum Gasteiger partial charge on any atom is -0.497 e. The number of nitro benzene ring substituents is 1. The predicted octanol–water partition coefficient (Wildman–Crippen LogP) is 4.02. The largest absolute Gasteiger partial charge is 0.497 e. The van der Waals surface area contributed by atoms with Gasteiger partial charge in [0.1, 0.15) is 5.75 Å². The van der Waals surface area contributed by atoms with Crippen molar-refractivity contribution in [3.63, 3.8) is 0 Å². The number of nitrogens with zero attached hydrogens (tertiary/aromatic N) is 2. The Morgan fingerprint density at radius 2 is 1.95 bits per heavy atom. The van der Waals surface area contributed by atoms with Crippen LogP contribution in [0.5, 0.6) is 5.75 Å². The van der Waals surface area contributed by atoms with Crippen molar-refractivity contribution < 1.29 is 9.66 Å². The van der Waals surface area contributed by atoms with Crippen LogP contribution in [-0.4, -0.2) is 18.2 Å². The van der Waals surface area contributed by atoms with Gasteiger partial charge in [0, 0.05) is 18.3 Å². The monoisotopic (exact) mass is 282 g/mol. The third-order valence-corrected chi connectivity index (χ3v) is 2.75. The zero-order valence-corrected chi connectivity index (χ0v) is 11.5. The highest BCUT2D eigenvalue weighted by Crippen LogP contribution is 2.19. The number of hydrogen-bond donors (Lipinski definition) is 0. The fourth-order valence-electron chi connectivity index (χ4n) is 1.69. The van der Waals surface area contributed by atoms with Crippen LogP contribution in [0.15, 0.2) is 59.6 Å². The fourth-order valence-corrected chi connectivity index (χ4v) is 1.69. The summed E-state index contributed by atoms with van der Waals surface area (Å²) in [6.45, 7) is 0. The number of aliphatic imine (C=N–C) groups is 1. The van der Waals surface area contributed by atoms with Crippen LogP contribution in [0.4, 0.5) is 11.4 Å². The number of nitro groups is 1. The van der Waals surface area contributed by atoms with E-state index >= 15 is 0 Å². The van der Waals surface area contributed by atoms with Crippen LogP contribution in [0.3, 0.4) is 0 Å². The molecule has 21 heavy (non-hydrogen) atoms. The van der Waals surface area contributed by atoms with Crippen LogP contribution >= 0.6 is 0 Å². The molecule has 0 amide bonds. The molecule has 0 unspecified atom stereocenters. The molecule has 0 spiro atoms. The van der Waals surface area contributed by atoms with E-state index in [-0.39, 0.29) is 5.69 Å². The smallest absolute Gasteiger partial charge is 0.271 e. The summed E-state index contributed by atoms with van der Waals surface area (Å²) in [7, 11) is 1.62. The summed E-state index contributed by atoms with van der Waals surface area (Å²) in [6.07, 6.45) is 5.27. The van der Waals surface area contributed by atoms with Gasteiger partial charge in [-0.25, -0.2) is 0 Å². The van der Waals surface area contributed by atoms with Crippen molar-refractivity contribution in [1.82, 2.24) is 0 Å². The lowest BCUT2D eigenvalue weighted by Crippen LogP contribution is -1.85. The first-order chi connectivity index (χ1) is 10.2. The van der Waals surface area contributed by atoms with Crippen molar-refractivity contribution in [1.29, 1.82) is 0 Å². The van der Waals surface area contributed by atoms with Crippen molar-refractivity contribution in [3.05, 3.63) is 70.3 Å². The van der Waals surface area contributed by atoms with E-state index in [0.29, 0.717) is 5.69 Å². The van der Waals surface area contributed by atoms with E-state index in [0.717, 1.165) is 11.3 Å². The first-order valence-corrected chi connectivity index (χ1v) is 6.28. The van der Waals surface area contributed by atoms with Gasteiger partial charge >= 0.3 is 0 Å². The Bertz CT molecular complexity index is 676. The van der Waals surface area contributed by atoms with Crippen LogP contribution in [0.25, 0.3) is 6.08 Å². The Morgan fingerprint density at radius 1 is 1.19 bits per heavy atom. The summed E-state index contributed by atoms with van der Waals surface area (Å²) in [4.78, 5) is 14.4. The SMILES string of the molecule is COc1ccc(/C=C/C=Nc2cccc([N+](=O)[O-])c2)cc1. The topological polar surface area (TPSA) is 64.7 Å². The molecule has 0 fully saturated rings. The maximum absolute atomic E-state index is 10.6. The van der Waals surface area contributed by atoms with Crippen LogP contribution in [0, 0.1) is 10.1 Å². The summed E-state index contributed by atoms with van der Waals surface area (Å²) in [5.74, 6) is 0.803. The zero-order valence-electron chi connectivity index (χ0n) is 11.5. The lowest BCUT2D eigenvalue weighted by atomic mass is 10.2. The number of allylic oxidation sites excluding steroid dienone is 1. The fraction of sp³-hybridized carbons (Fsp3) is 0.0625. The number of non-ortho nitro benzene ring substituents is 1. The minimum atomic E-state index is -0.438. The normalized spacial score (nSPS) is 11.1. The quantitative estimate of drug-likeness (QED) is 0.472. The van der Waals surface area contributed by atoms with Crippen LogP contribution in [0.1, 0.15) is 5.56 Å². The molecule has 5 nitrogen and oxygen atoms in total. The Labute approximate surface area is 122 Å². The molecular formula is C16H14N2O3. The van der Waals surface area contributed by atoms with Gasteiger partial charge in [0.05, 0.1) is 17.7 Å². The van der Waals surface area contributed by atoms with Crippen molar-refractivity contribution in [2.45, 2.75) is 0 Å². The summed E-state index contributed by atoms with van der Waals surface area (Å²) in [6, 6.07) is 13.8. The van der Waals surface area contributed by atoms with Crippen molar-refractivity contribution in [2.75, 3.05) is 7.11 Å². The molecule has 0 aliphatic rings. The molecular weight excluding hydrogens is 268 g/mol. The van der Waals surface area contributed by atoms with Gasteiger partial charge in [-0.2, -0.15) is 0 Å². The van der Waals surface area contributed by atoms with E-state index in [4.69, 9.17) is 4.74 Å². The lowest BCUT2D eigenvalue weighted by molar-refractivity contribution is -0.384. The van der Waals surface area contributed by atoms with Crippen molar-refractivity contribution in [2.24, 2.45) is 4.99 Å². The summed E-state index contributed by atoms with van der Waals surface area (Å²) < 4.78 is 5.08. The Hall–Kier alpha value is -2.95. The molecule has 0 atom stereocenters. The molecule has 0 heterocycles. The molecule has 2 aromatic rings. The molecule has 0 aliphatic carbocycles. The molecule has 0 N–H and O–H groups in total. The molecule has 2 rings (SSSR count). The second kappa shape index (κ2) is 7.00. The van der Waals surface area contributed by atoms with Gasteiger partial charge in [-0.05, 0) is 29.8 Å². The molecule has 0 aliphatic heterocycles. The average molecular weight is 282 g/mol. The second-order valence-electron chi connectivity index (χ2n) is 4.19. The minimum absolute atomic E-state index is 0.0313. The molecule has 0 saturated carbocycles. The van der Waals surface area contributed by atoms with E-state index in [9.17, 15) is 10.1 Å². The predicted molar refractivity (Wildman–Crippen MR) is 83.3 cm³/mol. The molecule has 0 aromatic heterocycles. The Morgan fingerprint density at radius 3 is 2.62 bits per heavy atom. The Kier molecular flexibility index (Phi) is 4.82. The maximum Gasteiger partial charge on any atom is 0.271 e. The van der Waals surface area contributed by atoms with Gasteiger partial charge in [0.25, 0.3) is 5.69 Å². The lowest BCUT2D eigenvalue weighted by Gasteiger charge is -1.98. The number of rotatable bonds is 5. The van der Waals surface area contributed by atoms with E-state index in [2.05, 4.69) is 4.99 Å². The highest BCUT2D eigenvalue weighted by molar-refractivity contribution is 5.80. The van der Waals surface area contributed by atoms with Gasteiger partial charge in [-0.3, -0.25) is 15.1 Å². The standard InChI is InChI=1S/C16H14N2O3/c1-21-16-9-7-13(8-10-16)4-3-11-17-14-5-2-6-15(12-14)18(19)20/h2-12H,1H3/b4-3+,17-11?. The maximum atomic E-state index is 10.6. The number of benzene rings is 2. The van der Waals surface area contributed by atoms with Crippen LogP contribution < -0.4 is 4.74 Å². The molecule has 106 valence electrons. The van der Waals surface area contributed by atoms with E-state index in [1.54, 1.807) is 31.5 Å². The molecule has 5 heteroatoms. The number of methoxy groups -OCH3 is 1. The van der Waals surface area contributed by atoms with Crippen molar-refractivity contribution in [3.8, 4) is 5.75 Å². The molecule has 0 bridgehead atoms. The highest BCUT2D eigenvalue weighted by atomic mass is 16.6. The van der Waals surface area contributed by atoms with Crippen LogP contribution in [-0.2, 0) is 0 Å². The third kappa shape index (κ3) is 4.28. The summed E-state index contributed by atoms with van der Waals surface area (Å²) >= 11 is 0. The average Bonchev–Trinajstić information content (AvgIpc) is 2.52. The summed E-state index contributed by atoms with van der Waals surface area (Å²) in [5, 5.41) is 10.6. The van der Waals surface area contributed by atoms with Gasteiger partial charge < -0.3 is 4.74 Å². The number of hydrogen-bond acceptors (Lipinski definition) is 4. The van der Waals surface area contributed by atoms with E-state index in [1.807, 2.05) is 30.3 Å². The van der Waals surface area contributed by atoms with Gasteiger partial charge in [0.2, 0.25) is 0 Å². The number of ether oxygens (including phenoxy) is 1. The zero-order chi connectivity index (χ0) is 15.1. The van der Waals surface area contributed by atoms with Gasteiger partial charge in [0.15, 0.2) is 0 Å². The van der Waals surface area contributed by atoms with Gasteiger partial charge in [-0.1, -0.05) is 24.3 Å². The summed E-state index contributed by atoms with van der Waals surface area (Å²) in [5.41, 5.74) is 1.59. The third-order valence-electron chi connectivity index (χ3n) is 2.75. The Balaban J connectivity index is 2.02. The van der Waals surface area contributed by atoms with E-state index < -0.39 is 4.92 Å². The first-order valence-electron chi connectivity index (χ1n) is 6.28. The van der Waals surface area contributed by atoms with E-state index in [1.165, 1.54) is 12.1 Å². The molecule has 2 aromatic carbocycles. The van der Waals surface area contributed by atoms with Gasteiger partial charge in [-0.15, -0.1) is 0 Å². The molecule has 0 saturated heterocycles. The first kappa shape index (κ1) is 14.5. The molecule has 0 radical (unpaired) electrons. The second-order valence-corrected chi connectivity index (χ2v) is 4.19. The van der Waals surface area contributed by atoms with Crippen molar-refractivity contribution >= 4 is 23.7 Å². The highest BCUT2D eigenvalue weighted by Gasteiger charge is 2.03. The van der Waals surface area contributed by atoms with Crippen LogP contribution in [0.2, 0.25) is 0 Å².